The molecule has 0 bridgehead atoms. The number of fused-ring (bicyclic) bond motifs is 3. The van der Waals surface area contributed by atoms with Crippen LogP contribution in [0.2, 0.25) is 0 Å². The second-order valence-corrected chi connectivity index (χ2v) is 7.79. The van der Waals surface area contributed by atoms with E-state index in [4.69, 9.17) is 14.6 Å². The summed E-state index contributed by atoms with van der Waals surface area (Å²) in [7, 11) is 0. The van der Waals surface area contributed by atoms with E-state index in [1.54, 1.807) is 0 Å². The molecule has 0 saturated carbocycles. The number of ether oxygens (including phenoxy) is 2. The first-order chi connectivity index (χ1) is 14.8. The van der Waals surface area contributed by atoms with Gasteiger partial charge in [-0.05, 0) is 42.3 Å². The molecule has 0 unspecified atom stereocenters. The predicted molar refractivity (Wildman–Crippen MR) is 119 cm³/mol. The van der Waals surface area contributed by atoms with Crippen LogP contribution in [0, 0.1) is 0 Å². The average molecular weight is 399 g/mol. The number of unbranched alkanes of at least 4 members (excludes halogenated alkanes) is 1. The molecule has 0 N–H and O–H groups in total. The highest BCUT2D eigenvalue weighted by atomic mass is 16.5. The van der Waals surface area contributed by atoms with Crippen LogP contribution >= 0.6 is 0 Å². The highest BCUT2D eigenvalue weighted by Crippen LogP contribution is 2.47. The van der Waals surface area contributed by atoms with Gasteiger partial charge in [-0.25, -0.2) is 5.01 Å². The van der Waals surface area contributed by atoms with E-state index in [-0.39, 0.29) is 12.3 Å². The van der Waals surface area contributed by atoms with E-state index in [1.165, 1.54) is 5.56 Å². The summed E-state index contributed by atoms with van der Waals surface area (Å²) in [4.78, 5) is 0. The molecule has 2 aliphatic rings. The van der Waals surface area contributed by atoms with Crippen LogP contribution in [0.15, 0.2) is 84.0 Å². The molecule has 2 heterocycles. The third-order valence-electron chi connectivity index (χ3n) is 5.74. The van der Waals surface area contributed by atoms with Crippen molar-refractivity contribution in [1.29, 1.82) is 0 Å². The summed E-state index contributed by atoms with van der Waals surface area (Å²) in [5, 5.41) is 7.15. The van der Waals surface area contributed by atoms with Gasteiger partial charge in [0, 0.05) is 17.5 Å². The van der Waals surface area contributed by atoms with Gasteiger partial charge in [0.1, 0.15) is 11.5 Å². The topological polar surface area (TPSA) is 34.1 Å². The molecule has 3 aromatic rings. The summed E-state index contributed by atoms with van der Waals surface area (Å²) < 4.78 is 12.2. The zero-order valence-corrected chi connectivity index (χ0v) is 17.2. The smallest absolute Gasteiger partial charge is 0.213 e. The van der Waals surface area contributed by atoms with Crippen molar-refractivity contribution < 1.29 is 9.47 Å². The molecule has 2 aliphatic heterocycles. The van der Waals surface area contributed by atoms with E-state index < -0.39 is 0 Å². The minimum absolute atomic E-state index is 0.177. The number of para-hydroxylation sites is 1. The van der Waals surface area contributed by atoms with Gasteiger partial charge >= 0.3 is 0 Å². The van der Waals surface area contributed by atoms with Crippen LogP contribution in [-0.4, -0.2) is 17.3 Å². The van der Waals surface area contributed by atoms with E-state index in [0.717, 1.165) is 54.2 Å². The van der Waals surface area contributed by atoms with Gasteiger partial charge in [-0.1, -0.05) is 61.9 Å². The zero-order valence-electron chi connectivity index (χ0n) is 17.2. The van der Waals surface area contributed by atoms with Crippen LogP contribution in [-0.2, 0) is 0 Å². The molecule has 4 heteroatoms. The van der Waals surface area contributed by atoms with Crippen molar-refractivity contribution in [2.75, 3.05) is 6.61 Å². The number of rotatable bonds is 6. The number of nitrogens with zero attached hydrogens (tertiary/aromatic N) is 2. The van der Waals surface area contributed by atoms with Crippen LogP contribution in [0.1, 0.15) is 55.1 Å². The Morgan fingerprint density at radius 2 is 1.73 bits per heavy atom. The normalized spacial score (nSPS) is 19.5. The molecule has 0 saturated heterocycles. The predicted octanol–water partition coefficient (Wildman–Crippen LogP) is 6.11. The van der Waals surface area contributed by atoms with Crippen molar-refractivity contribution in [2.24, 2.45) is 5.10 Å². The van der Waals surface area contributed by atoms with Gasteiger partial charge in [-0.3, -0.25) is 0 Å². The molecule has 2 atom stereocenters. The van der Waals surface area contributed by atoms with Gasteiger partial charge in [-0.2, -0.15) is 5.10 Å². The second-order valence-electron chi connectivity index (χ2n) is 7.79. The third-order valence-corrected chi connectivity index (χ3v) is 5.74. The average Bonchev–Trinajstić information content (AvgIpc) is 3.25. The molecule has 0 radical (unpaired) electrons. The zero-order chi connectivity index (χ0) is 20.3. The molecule has 0 aromatic heterocycles. The minimum atomic E-state index is -0.222. The maximum absolute atomic E-state index is 6.39. The molecule has 4 nitrogen and oxygen atoms in total. The summed E-state index contributed by atoms with van der Waals surface area (Å²) in [6.07, 6.45) is 2.85. The first kappa shape index (κ1) is 18.7. The minimum Gasteiger partial charge on any atom is -0.494 e. The van der Waals surface area contributed by atoms with Gasteiger partial charge in [0.15, 0.2) is 0 Å². The number of benzene rings is 3. The molecule has 30 heavy (non-hydrogen) atoms. The fraction of sp³-hybridized carbons (Fsp3) is 0.269. The summed E-state index contributed by atoms with van der Waals surface area (Å²) >= 11 is 0. The Labute approximate surface area is 177 Å². The molecule has 0 spiro atoms. The van der Waals surface area contributed by atoms with Crippen molar-refractivity contribution >= 4 is 5.71 Å². The molecule has 0 fully saturated rings. The molecule has 0 amide bonds. The summed E-state index contributed by atoms with van der Waals surface area (Å²) in [5.74, 6) is 1.86. The van der Waals surface area contributed by atoms with Crippen molar-refractivity contribution in [2.45, 2.75) is 38.5 Å². The summed E-state index contributed by atoms with van der Waals surface area (Å²) in [6.45, 7) is 2.93. The fourth-order valence-electron chi connectivity index (χ4n) is 4.12. The van der Waals surface area contributed by atoms with Gasteiger partial charge in [0.05, 0.1) is 18.4 Å². The third kappa shape index (κ3) is 3.54. The Morgan fingerprint density at radius 1 is 0.967 bits per heavy atom. The molecule has 0 aliphatic carbocycles. The Hall–Kier alpha value is -3.27. The largest absolute Gasteiger partial charge is 0.494 e. The SMILES string of the molecule is CCCCOc1ccc(C2=NN3[C@H](C2)c2ccccc2O[C@@H]3c2ccccc2)cc1. The lowest BCUT2D eigenvalue weighted by Gasteiger charge is -2.38. The fourth-order valence-corrected chi connectivity index (χ4v) is 4.12. The molecular formula is C26H26N2O2. The van der Waals surface area contributed by atoms with E-state index in [2.05, 4.69) is 54.4 Å². The van der Waals surface area contributed by atoms with Crippen LogP contribution < -0.4 is 9.47 Å². The maximum Gasteiger partial charge on any atom is 0.213 e. The Balaban J connectivity index is 1.44. The number of hydrogen-bond acceptors (Lipinski definition) is 4. The Morgan fingerprint density at radius 3 is 2.53 bits per heavy atom. The Kier molecular flexibility index (Phi) is 5.14. The molecule has 5 rings (SSSR count). The molecular weight excluding hydrogens is 372 g/mol. The summed E-state index contributed by atoms with van der Waals surface area (Å²) in [6, 6.07) is 27.1. The quantitative estimate of drug-likeness (QED) is 0.470. The monoisotopic (exact) mass is 398 g/mol. The van der Waals surface area contributed by atoms with Crippen LogP contribution in [0.25, 0.3) is 0 Å². The van der Waals surface area contributed by atoms with Gasteiger partial charge < -0.3 is 9.47 Å². The highest BCUT2D eigenvalue weighted by Gasteiger charge is 2.40. The van der Waals surface area contributed by atoms with Crippen molar-refractivity contribution in [3.63, 3.8) is 0 Å². The van der Waals surface area contributed by atoms with E-state index >= 15 is 0 Å². The van der Waals surface area contributed by atoms with Gasteiger partial charge in [-0.15, -0.1) is 0 Å². The number of hydrazone groups is 1. The molecule has 3 aromatic carbocycles. The lowest BCUT2D eigenvalue weighted by Crippen LogP contribution is -2.33. The van der Waals surface area contributed by atoms with Crippen molar-refractivity contribution in [3.05, 3.63) is 95.6 Å². The van der Waals surface area contributed by atoms with Crippen molar-refractivity contribution in [3.8, 4) is 11.5 Å². The van der Waals surface area contributed by atoms with Gasteiger partial charge in [0.2, 0.25) is 6.23 Å². The lowest BCUT2D eigenvalue weighted by atomic mass is 9.96. The van der Waals surface area contributed by atoms with E-state index in [9.17, 15) is 0 Å². The van der Waals surface area contributed by atoms with Crippen LogP contribution in [0.5, 0.6) is 11.5 Å². The standard InChI is InChI=1S/C26H26N2O2/c1-2-3-17-29-21-15-13-19(14-16-21)23-18-24-22-11-7-8-12-25(22)30-26(28(24)27-23)20-9-5-4-6-10-20/h4-16,24,26H,2-3,17-18H2,1H3/t24-,26-/m1/s1. The Bertz CT molecular complexity index is 1030. The number of hydrogen-bond donors (Lipinski definition) is 0. The molecule has 152 valence electrons. The van der Waals surface area contributed by atoms with Crippen molar-refractivity contribution in [1.82, 2.24) is 5.01 Å². The first-order valence-electron chi connectivity index (χ1n) is 10.7. The lowest BCUT2D eigenvalue weighted by molar-refractivity contribution is -0.0190. The summed E-state index contributed by atoms with van der Waals surface area (Å²) in [5.41, 5.74) is 4.53. The van der Waals surface area contributed by atoms with E-state index in [1.807, 2.05) is 36.4 Å². The maximum atomic E-state index is 6.39. The van der Waals surface area contributed by atoms with Crippen LogP contribution in [0.4, 0.5) is 0 Å². The van der Waals surface area contributed by atoms with Gasteiger partial charge in [0.25, 0.3) is 0 Å². The second kappa shape index (κ2) is 8.23. The highest BCUT2D eigenvalue weighted by molar-refractivity contribution is 6.02. The first-order valence-corrected chi connectivity index (χ1v) is 10.7. The van der Waals surface area contributed by atoms with E-state index in [0.29, 0.717) is 0 Å². The van der Waals surface area contributed by atoms with Crippen LogP contribution in [0.3, 0.4) is 0 Å².